The van der Waals surface area contributed by atoms with Crippen LogP contribution in [0.2, 0.25) is 0 Å². The minimum absolute atomic E-state index is 0.00232. The fourth-order valence-electron chi connectivity index (χ4n) is 3.28. The van der Waals surface area contributed by atoms with E-state index in [9.17, 15) is 14.4 Å². The first-order chi connectivity index (χ1) is 14.1. The number of rotatable bonds is 4. The topological polar surface area (TPSA) is 88.9 Å². The third-order valence-corrected chi connectivity index (χ3v) is 4.73. The first kappa shape index (κ1) is 18.7. The summed E-state index contributed by atoms with van der Waals surface area (Å²) in [6.45, 7) is 2.46. The molecule has 4 rings (SSSR count). The Morgan fingerprint density at radius 1 is 1.14 bits per heavy atom. The molecule has 0 saturated heterocycles. The zero-order chi connectivity index (χ0) is 20.4. The van der Waals surface area contributed by atoms with Gasteiger partial charge >= 0.3 is 5.63 Å². The summed E-state index contributed by atoms with van der Waals surface area (Å²) < 4.78 is 11.1. The quantitative estimate of drug-likeness (QED) is 0.690. The summed E-state index contributed by atoms with van der Waals surface area (Å²) in [5.41, 5.74) is 0.107. The normalized spacial score (nSPS) is 15.5. The highest BCUT2D eigenvalue weighted by Crippen LogP contribution is 2.34. The Bertz CT molecular complexity index is 1140. The van der Waals surface area contributed by atoms with E-state index in [0.29, 0.717) is 29.0 Å². The maximum atomic E-state index is 13.3. The number of nitrogens with one attached hydrogen (secondary N) is 1. The van der Waals surface area contributed by atoms with E-state index < -0.39 is 17.6 Å². The summed E-state index contributed by atoms with van der Waals surface area (Å²) in [4.78, 5) is 39.6. The number of ether oxygens (including phenoxy) is 1. The lowest BCUT2D eigenvalue weighted by Gasteiger charge is -2.34. The number of amides is 2. The molecule has 1 N–H and O–H groups in total. The van der Waals surface area contributed by atoms with Crippen molar-refractivity contribution >= 4 is 28.5 Å². The zero-order valence-electron chi connectivity index (χ0n) is 15.9. The lowest BCUT2D eigenvalue weighted by atomic mass is 10.1. The Morgan fingerprint density at radius 3 is 2.72 bits per heavy atom. The van der Waals surface area contributed by atoms with Crippen LogP contribution in [0.25, 0.3) is 11.0 Å². The highest BCUT2D eigenvalue weighted by atomic mass is 16.5. The van der Waals surface area contributed by atoms with Gasteiger partial charge in [-0.25, -0.2) is 4.79 Å². The fourth-order valence-corrected chi connectivity index (χ4v) is 3.28. The van der Waals surface area contributed by atoms with Crippen molar-refractivity contribution in [2.45, 2.75) is 19.4 Å². The second kappa shape index (κ2) is 7.79. The molecule has 29 heavy (non-hydrogen) atoms. The molecule has 0 saturated carbocycles. The van der Waals surface area contributed by atoms with Crippen molar-refractivity contribution in [3.8, 4) is 5.75 Å². The number of fused-ring (bicyclic) bond motifs is 2. The molecule has 148 valence electrons. The van der Waals surface area contributed by atoms with Crippen LogP contribution in [-0.4, -0.2) is 31.0 Å². The molecule has 7 heteroatoms. The molecule has 0 radical (unpaired) electrons. The van der Waals surface area contributed by atoms with Gasteiger partial charge in [0.1, 0.15) is 16.9 Å². The van der Waals surface area contributed by atoms with Crippen LogP contribution in [0.3, 0.4) is 0 Å². The van der Waals surface area contributed by atoms with Gasteiger partial charge in [-0.1, -0.05) is 37.3 Å². The number of benzene rings is 2. The second-order valence-corrected chi connectivity index (χ2v) is 6.77. The number of anilines is 1. The molecule has 1 atom stereocenters. The van der Waals surface area contributed by atoms with Crippen LogP contribution in [0.5, 0.6) is 5.75 Å². The summed E-state index contributed by atoms with van der Waals surface area (Å²) in [5, 5.41) is 3.43. The first-order valence-electron chi connectivity index (χ1n) is 9.46. The summed E-state index contributed by atoms with van der Waals surface area (Å²) in [5.74, 6) is -0.424. The molecule has 1 aliphatic heterocycles. The molecule has 0 unspecified atom stereocenters. The molecule has 0 aliphatic carbocycles. The number of hydrogen-bond acceptors (Lipinski definition) is 5. The van der Waals surface area contributed by atoms with E-state index in [2.05, 4.69) is 5.32 Å². The van der Waals surface area contributed by atoms with Gasteiger partial charge < -0.3 is 19.4 Å². The molecule has 3 aromatic rings. The number of para-hydroxylation sites is 3. The molecular weight excluding hydrogens is 372 g/mol. The lowest BCUT2D eigenvalue weighted by Crippen LogP contribution is -2.51. The van der Waals surface area contributed by atoms with Gasteiger partial charge in [-0.15, -0.1) is 0 Å². The van der Waals surface area contributed by atoms with Gasteiger partial charge in [0.05, 0.1) is 12.2 Å². The van der Waals surface area contributed by atoms with Crippen molar-refractivity contribution in [2.24, 2.45) is 0 Å². The summed E-state index contributed by atoms with van der Waals surface area (Å²) >= 11 is 0. The monoisotopic (exact) mass is 392 g/mol. The van der Waals surface area contributed by atoms with Gasteiger partial charge in [0.2, 0.25) is 0 Å². The van der Waals surface area contributed by atoms with Crippen LogP contribution in [0, 0.1) is 0 Å². The molecule has 0 spiro atoms. The molecule has 7 nitrogen and oxygen atoms in total. The molecular formula is C22H20N2O5. The van der Waals surface area contributed by atoms with Gasteiger partial charge in [-0.3, -0.25) is 9.59 Å². The molecule has 2 heterocycles. The van der Waals surface area contributed by atoms with Gasteiger partial charge in [-0.2, -0.15) is 0 Å². The Kier molecular flexibility index (Phi) is 5.03. The van der Waals surface area contributed by atoms with E-state index in [0.717, 1.165) is 6.42 Å². The molecule has 2 amide bonds. The Hall–Kier alpha value is -3.61. The minimum Gasteiger partial charge on any atom is -0.477 e. The molecule has 1 aromatic heterocycles. The zero-order valence-corrected chi connectivity index (χ0v) is 15.9. The number of hydrogen-bond donors (Lipinski definition) is 1. The summed E-state index contributed by atoms with van der Waals surface area (Å²) in [7, 11) is 0. The molecule has 0 bridgehead atoms. The predicted molar refractivity (Wildman–Crippen MR) is 108 cm³/mol. The Labute approximate surface area is 166 Å². The second-order valence-electron chi connectivity index (χ2n) is 6.77. The van der Waals surface area contributed by atoms with Crippen LogP contribution in [0.15, 0.2) is 63.8 Å². The molecule has 0 fully saturated rings. The number of carbonyl (C=O) groups is 2. The van der Waals surface area contributed by atoms with E-state index in [1.807, 2.05) is 6.92 Å². The maximum absolute atomic E-state index is 13.3. The molecule has 2 aromatic carbocycles. The highest BCUT2D eigenvalue weighted by molar-refractivity contribution is 6.08. The van der Waals surface area contributed by atoms with E-state index in [1.54, 1.807) is 48.5 Å². The van der Waals surface area contributed by atoms with Crippen molar-refractivity contribution in [2.75, 3.05) is 18.0 Å². The van der Waals surface area contributed by atoms with E-state index in [-0.39, 0.29) is 18.0 Å². The SMILES string of the molecule is CCCNC(=O)[C@@H]1CN(C(=O)c2cc3ccccc3oc2=O)c2ccccc2O1. The maximum Gasteiger partial charge on any atom is 0.349 e. The van der Waals surface area contributed by atoms with Gasteiger partial charge in [0, 0.05) is 11.9 Å². The van der Waals surface area contributed by atoms with Crippen LogP contribution in [0.4, 0.5) is 5.69 Å². The summed E-state index contributed by atoms with van der Waals surface area (Å²) in [6, 6.07) is 15.5. The van der Waals surface area contributed by atoms with Gasteiger partial charge in [-0.05, 0) is 30.7 Å². The third-order valence-electron chi connectivity index (χ3n) is 4.73. The Balaban J connectivity index is 1.72. The predicted octanol–water partition coefficient (Wildman–Crippen LogP) is 2.73. The van der Waals surface area contributed by atoms with Crippen LogP contribution in [0.1, 0.15) is 23.7 Å². The standard InChI is InChI=1S/C22H20N2O5/c1-2-11-23-20(25)19-13-24(16-8-4-6-10-18(16)28-19)21(26)15-12-14-7-3-5-9-17(14)29-22(15)27/h3-10,12,19H,2,11,13H2,1H3,(H,23,25)/t19-/m0/s1. The van der Waals surface area contributed by atoms with Crippen LogP contribution < -0.4 is 20.6 Å². The van der Waals surface area contributed by atoms with Gasteiger partial charge in [0.15, 0.2) is 6.10 Å². The van der Waals surface area contributed by atoms with Crippen molar-refractivity contribution in [1.29, 1.82) is 0 Å². The largest absolute Gasteiger partial charge is 0.477 e. The summed E-state index contributed by atoms with van der Waals surface area (Å²) in [6.07, 6.45) is -0.0802. The number of carbonyl (C=O) groups excluding carboxylic acids is 2. The third kappa shape index (κ3) is 3.59. The van der Waals surface area contributed by atoms with Crippen molar-refractivity contribution in [3.05, 3.63) is 70.6 Å². The lowest BCUT2D eigenvalue weighted by molar-refractivity contribution is -0.127. The van der Waals surface area contributed by atoms with Crippen LogP contribution in [-0.2, 0) is 4.79 Å². The van der Waals surface area contributed by atoms with Gasteiger partial charge in [0.25, 0.3) is 11.8 Å². The molecule has 1 aliphatic rings. The number of nitrogens with zero attached hydrogens (tertiary/aromatic N) is 1. The average molecular weight is 392 g/mol. The van der Waals surface area contributed by atoms with Crippen molar-refractivity contribution in [3.63, 3.8) is 0 Å². The van der Waals surface area contributed by atoms with E-state index in [4.69, 9.17) is 9.15 Å². The van der Waals surface area contributed by atoms with Crippen molar-refractivity contribution < 1.29 is 18.7 Å². The fraction of sp³-hybridized carbons (Fsp3) is 0.227. The van der Waals surface area contributed by atoms with E-state index >= 15 is 0 Å². The van der Waals surface area contributed by atoms with E-state index in [1.165, 1.54) is 11.0 Å². The first-order valence-corrected chi connectivity index (χ1v) is 9.46. The van der Waals surface area contributed by atoms with Crippen molar-refractivity contribution in [1.82, 2.24) is 5.32 Å². The smallest absolute Gasteiger partial charge is 0.349 e. The highest BCUT2D eigenvalue weighted by Gasteiger charge is 2.35. The minimum atomic E-state index is -0.868. The average Bonchev–Trinajstić information content (AvgIpc) is 2.75. The Morgan fingerprint density at radius 2 is 1.90 bits per heavy atom. The van der Waals surface area contributed by atoms with Crippen LogP contribution >= 0.6 is 0 Å².